The Bertz CT molecular complexity index is 154. The van der Waals surface area contributed by atoms with Crippen molar-refractivity contribution < 1.29 is 5.11 Å². The van der Waals surface area contributed by atoms with Crippen LogP contribution in [0.5, 0.6) is 0 Å². The molecule has 0 amide bonds. The highest BCUT2D eigenvalue weighted by atomic mass is 16.3. The molecule has 0 aromatic carbocycles. The molecule has 2 nitrogen and oxygen atoms in total. The molecule has 2 N–H and O–H groups in total. The van der Waals surface area contributed by atoms with Crippen LogP contribution in [0.3, 0.4) is 0 Å². The highest BCUT2D eigenvalue weighted by Crippen LogP contribution is 2.34. The van der Waals surface area contributed by atoms with Gasteiger partial charge in [-0.25, -0.2) is 0 Å². The first-order valence-electron chi connectivity index (χ1n) is 5.74. The normalized spacial score (nSPS) is 36.7. The Balaban J connectivity index is 1.80. The molecule has 0 radical (unpaired) electrons. The molecule has 2 rings (SSSR count). The van der Waals surface area contributed by atoms with Gasteiger partial charge in [-0.1, -0.05) is 32.1 Å². The van der Waals surface area contributed by atoms with Crippen LogP contribution in [-0.4, -0.2) is 24.3 Å². The Labute approximate surface area is 80.7 Å². The van der Waals surface area contributed by atoms with E-state index in [2.05, 4.69) is 5.32 Å². The maximum absolute atomic E-state index is 9.02. The zero-order valence-electron chi connectivity index (χ0n) is 8.34. The number of aliphatic hydroxyl groups is 1. The van der Waals surface area contributed by atoms with Gasteiger partial charge in [0.25, 0.3) is 0 Å². The van der Waals surface area contributed by atoms with Crippen molar-refractivity contribution in [2.75, 3.05) is 13.2 Å². The Hall–Kier alpha value is -0.0800. The summed E-state index contributed by atoms with van der Waals surface area (Å²) < 4.78 is 0. The molecule has 2 fully saturated rings. The number of nitrogens with one attached hydrogen (secondary N) is 1. The second kappa shape index (κ2) is 4.43. The minimum atomic E-state index is 0.323. The maximum atomic E-state index is 9.02. The van der Waals surface area contributed by atoms with Crippen molar-refractivity contribution in [2.45, 2.75) is 44.6 Å². The molecule has 2 aliphatic rings. The second-order valence-corrected chi connectivity index (χ2v) is 4.68. The predicted octanol–water partition coefficient (Wildman–Crippen LogP) is 1.54. The van der Waals surface area contributed by atoms with Crippen molar-refractivity contribution in [3.8, 4) is 0 Å². The molecule has 2 heteroatoms. The van der Waals surface area contributed by atoms with E-state index in [4.69, 9.17) is 5.11 Å². The van der Waals surface area contributed by atoms with Crippen LogP contribution >= 0.6 is 0 Å². The van der Waals surface area contributed by atoms with E-state index in [-0.39, 0.29) is 0 Å². The van der Waals surface area contributed by atoms with Gasteiger partial charge >= 0.3 is 0 Å². The first kappa shape index (κ1) is 9.47. The van der Waals surface area contributed by atoms with Gasteiger partial charge in [-0.15, -0.1) is 0 Å². The van der Waals surface area contributed by atoms with Crippen molar-refractivity contribution in [2.24, 2.45) is 11.8 Å². The quantitative estimate of drug-likeness (QED) is 0.680. The molecule has 76 valence electrons. The largest absolute Gasteiger partial charge is 0.395 e. The van der Waals surface area contributed by atoms with E-state index >= 15 is 0 Å². The summed E-state index contributed by atoms with van der Waals surface area (Å²) in [5.74, 6) is 1.82. The van der Waals surface area contributed by atoms with Gasteiger partial charge in [-0.3, -0.25) is 0 Å². The fourth-order valence-electron chi connectivity index (χ4n) is 2.95. The van der Waals surface area contributed by atoms with Gasteiger partial charge in [0.05, 0.1) is 6.61 Å². The zero-order valence-corrected chi connectivity index (χ0v) is 8.34. The minimum Gasteiger partial charge on any atom is -0.395 e. The third kappa shape index (κ3) is 2.23. The molecule has 0 aromatic rings. The fraction of sp³-hybridized carbons (Fsp3) is 1.00. The molecule has 1 aliphatic carbocycles. The lowest BCUT2D eigenvalue weighted by Crippen LogP contribution is -2.24. The summed E-state index contributed by atoms with van der Waals surface area (Å²) >= 11 is 0. The molecule has 1 saturated heterocycles. The zero-order chi connectivity index (χ0) is 9.10. The van der Waals surface area contributed by atoms with E-state index in [1.807, 2.05) is 0 Å². The molecule has 1 saturated carbocycles. The van der Waals surface area contributed by atoms with Crippen LogP contribution in [-0.2, 0) is 0 Å². The topological polar surface area (TPSA) is 32.3 Å². The van der Waals surface area contributed by atoms with Gasteiger partial charge in [0.15, 0.2) is 0 Å². The van der Waals surface area contributed by atoms with Crippen LogP contribution in [0.25, 0.3) is 0 Å². The lowest BCUT2D eigenvalue weighted by molar-refractivity contribution is 0.233. The lowest BCUT2D eigenvalue weighted by Gasteiger charge is -2.26. The Morgan fingerprint density at radius 3 is 2.46 bits per heavy atom. The summed E-state index contributed by atoms with van der Waals surface area (Å²) in [5, 5.41) is 12.4. The van der Waals surface area contributed by atoms with E-state index in [1.54, 1.807) is 0 Å². The molecule has 2 atom stereocenters. The molecule has 0 aromatic heterocycles. The number of aliphatic hydroxyl groups excluding tert-OH is 1. The van der Waals surface area contributed by atoms with Crippen molar-refractivity contribution >= 4 is 0 Å². The summed E-state index contributed by atoms with van der Waals surface area (Å²) in [6.07, 6.45) is 8.39. The smallest absolute Gasteiger partial charge is 0.0584 e. The molecule has 1 heterocycles. The number of rotatable bonds is 2. The lowest BCUT2D eigenvalue weighted by atomic mass is 9.79. The van der Waals surface area contributed by atoms with Crippen molar-refractivity contribution in [1.29, 1.82) is 0 Å². The van der Waals surface area contributed by atoms with Gasteiger partial charge in [0.2, 0.25) is 0 Å². The van der Waals surface area contributed by atoms with E-state index in [0.717, 1.165) is 18.4 Å². The summed E-state index contributed by atoms with van der Waals surface area (Å²) in [6, 6.07) is 0.395. The van der Waals surface area contributed by atoms with Gasteiger partial charge in [-0.05, 0) is 24.8 Å². The van der Waals surface area contributed by atoms with Gasteiger partial charge in [0, 0.05) is 6.04 Å². The summed E-state index contributed by atoms with van der Waals surface area (Å²) in [5.41, 5.74) is 0. The standard InChI is InChI=1S/C11H21NO/c13-8-11-6-10(7-12-11)9-4-2-1-3-5-9/h9-13H,1-8H2. The highest BCUT2D eigenvalue weighted by Gasteiger charge is 2.30. The van der Waals surface area contributed by atoms with Gasteiger partial charge in [-0.2, -0.15) is 0 Å². The molecule has 2 unspecified atom stereocenters. The highest BCUT2D eigenvalue weighted by molar-refractivity contribution is 4.86. The molecule has 13 heavy (non-hydrogen) atoms. The summed E-state index contributed by atoms with van der Waals surface area (Å²) in [7, 11) is 0. The summed E-state index contributed by atoms with van der Waals surface area (Å²) in [4.78, 5) is 0. The second-order valence-electron chi connectivity index (χ2n) is 4.68. The SMILES string of the molecule is OCC1CC(C2CCCCC2)CN1. The van der Waals surface area contributed by atoms with Crippen LogP contribution in [0.2, 0.25) is 0 Å². The van der Waals surface area contributed by atoms with Crippen LogP contribution in [0.15, 0.2) is 0 Å². The van der Waals surface area contributed by atoms with E-state index < -0.39 is 0 Å². The Morgan fingerprint density at radius 2 is 1.85 bits per heavy atom. The first-order chi connectivity index (χ1) is 6.40. The molecule has 0 bridgehead atoms. The van der Waals surface area contributed by atoms with Crippen LogP contribution in [0.1, 0.15) is 38.5 Å². The van der Waals surface area contributed by atoms with Crippen molar-refractivity contribution in [3.63, 3.8) is 0 Å². The van der Waals surface area contributed by atoms with E-state index in [0.29, 0.717) is 12.6 Å². The van der Waals surface area contributed by atoms with Crippen LogP contribution < -0.4 is 5.32 Å². The van der Waals surface area contributed by atoms with E-state index in [9.17, 15) is 0 Å². The molecule has 0 spiro atoms. The van der Waals surface area contributed by atoms with Crippen LogP contribution in [0, 0.1) is 11.8 Å². The minimum absolute atomic E-state index is 0.323. The monoisotopic (exact) mass is 183 g/mol. The predicted molar refractivity (Wildman–Crippen MR) is 53.6 cm³/mol. The average molecular weight is 183 g/mol. The van der Waals surface area contributed by atoms with Crippen molar-refractivity contribution in [1.82, 2.24) is 5.32 Å². The third-order valence-corrected chi connectivity index (χ3v) is 3.79. The maximum Gasteiger partial charge on any atom is 0.0584 e. The first-order valence-corrected chi connectivity index (χ1v) is 5.74. The average Bonchev–Trinajstić information content (AvgIpc) is 2.67. The van der Waals surface area contributed by atoms with Crippen LogP contribution in [0.4, 0.5) is 0 Å². The summed E-state index contributed by atoms with van der Waals surface area (Å²) in [6.45, 7) is 1.47. The number of hydrogen-bond donors (Lipinski definition) is 2. The molecule has 1 aliphatic heterocycles. The Kier molecular flexibility index (Phi) is 3.23. The fourth-order valence-corrected chi connectivity index (χ4v) is 2.95. The third-order valence-electron chi connectivity index (χ3n) is 3.79. The van der Waals surface area contributed by atoms with Gasteiger partial charge in [0.1, 0.15) is 0 Å². The van der Waals surface area contributed by atoms with E-state index in [1.165, 1.54) is 38.5 Å². The number of hydrogen-bond acceptors (Lipinski definition) is 2. The van der Waals surface area contributed by atoms with Gasteiger partial charge < -0.3 is 10.4 Å². The van der Waals surface area contributed by atoms with Crippen molar-refractivity contribution in [3.05, 3.63) is 0 Å². The molecular weight excluding hydrogens is 162 g/mol. The molecular formula is C11H21NO. The Morgan fingerprint density at radius 1 is 1.08 bits per heavy atom.